The van der Waals surface area contributed by atoms with Crippen LogP contribution < -0.4 is 9.64 Å². The summed E-state index contributed by atoms with van der Waals surface area (Å²) in [5, 5.41) is 29.8. The monoisotopic (exact) mass is 525 g/mol. The van der Waals surface area contributed by atoms with E-state index in [0.29, 0.717) is 34.4 Å². The number of rotatable bonds is 8. The highest BCUT2D eigenvalue weighted by Crippen LogP contribution is 2.41. The number of ether oxygens (including phenoxy) is 1. The van der Waals surface area contributed by atoms with Gasteiger partial charge in [0.15, 0.2) is 0 Å². The highest BCUT2D eigenvalue weighted by atomic mass is 35.5. The Labute approximate surface area is 221 Å². The highest BCUT2D eigenvalue weighted by molar-refractivity contribution is 6.33. The smallest absolute Gasteiger partial charge is 0.121 e. The molecule has 36 heavy (non-hydrogen) atoms. The molecule has 4 rings (SSSR count). The molecule has 8 heteroatoms. The lowest BCUT2D eigenvalue weighted by Crippen LogP contribution is -2.55. The summed E-state index contributed by atoms with van der Waals surface area (Å²) in [6.45, 7) is 3.60. The predicted molar refractivity (Wildman–Crippen MR) is 143 cm³/mol. The fourth-order valence-corrected chi connectivity index (χ4v) is 5.29. The van der Waals surface area contributed by atoms with E-state index in [-0.39, 0.29) is 37.9 Å². The van der Waals surface area contributed by atoms with Crippen LogP contribution in [0.15, 0.2) is 66.7 Å². The van der Waals surface area contributed by atoms with Gasteiger partial charge in [-0.3, -0.25) is 4.90 Å². The summed E-state index contributed by atoms with van der Waals surface area (Å²) in [7, 11) is 0. The van der Waals surface area contributed by atoms with Gasteiger partial charge < -0.3 is 19.8 Å². The van der Waals surface area contributed by atoms with Crippen molar-refractivity contribution >= 4 is 28.9 Å². The predicted octanol–water partition coefficient (Wildman–Crippen LogP) is 5.22. The van der Waals surface area contributed by atoms with Crippen molar-refractivity contribution in [2.45, 2.75) is 25.0 Å². The zero-order valence-electron chi connectivity index (χ0n) is 20.0. The van der Waals surface area contributed by atoms with Gasteiger partial charge >= 0.3 is 0 Å². The first-order valence-corrected chi connectivity index (χ1v) is 12.6. The van der Waals surface area contributed by atoms with Crippen molar-refractivity contribution in [2.75, 3.05) is 37.8 Å². The van der Waals surface area contributed by atoms with E-state index in [9.17, 15) is 5.11 Å². The molecule has 0 bridgehead atoms. The molecule has 0 radical (unpaired) electrons. The van der Waals surface area contributed by atoms with Gasteiger partial charge in [-0.15, -0.1) is 0 Å². The Morgan fingerprint density at radius 1 is 1.03 bits per heavy atom. The highest BCUT2D eigenvalue weighted by Gasteiger charge is 2.37. The second-order valence-corrected chi connectivity index (χ2v) is 9.74. The molecule has 1 aliphatic rings. The Morgan fingerprint density at radius 2 is 1.75 bits per heavy atom. The van der Waals surface area contributed by atoms with E-state index in [1.54, 1.807) is 18.2 Å². The van der Waals surface area contributed by atoms with E-state index >= 15 is 0 Å². The summed E-state index contributed by atoms with van der Waals surface area (Å²) >= 11 is 12.9. The molecule has 1 aliphatic heterocycles. The number of nitriles is 1. The molecule has 188 valence electrons. The molecular formula is C28H29Cl2N3O3. The first-order valence-electron chi connectivity index (χ1n) is 11.9. The molecule has 6 nitrogen and oxygen atoms in total. The van der Waals surface area contributed by atoms with Crippen LogP contribution in [0, 0.1) is 11.3 Å². The lowest BCUT2D eigenvalue weighted by Gasteiger charge is -2.49. The summed E-state index contributed by atoms with van der Waals surface area (Å²) < 4.78 is 5.53. The number of aliphatic hydroxyl groups is 2. The van der Waals surface area contributed by atoms with Crippen LogP contribution in [-0.4, -0.2) is 54.1 Å². The third-order valence-electron chi connectivity index (χ3n) is 6.57. The molecule has 1 saturated heterocycles. The number of aliphatic hydroxyl groups excluding tert-OH is 2. The van der Waals surface area contributed by atoms with E-state index in [1.165, 1.54) is 0 Å². The van der Waals surface area contributed by atoms with Crippen molar-refractivity contribution in [3.8, 4) is 11.8 Å². The number of piperazine rings is 1. The van der Waals surface area contributed by atoms with Gasteiger partial charge in [0.2, 0.25) is 0 Å². The molecule has 3 atom stereocenters. The van der Waals surface area contributed by atoms with Crippen LogP contribution in [0.4, 0.5) is 5.69 Å². The van der Waals surface area contributed by atoms with Crippen molar-refractivity contribution in [3.05, 3.63) is 93.5 Å². The van der Waals surface area contributed by atoms with Gasteiger partial charge in [-0.2, -0.15) is 5.26 Å². The largest absolute Gasteiger partial charge is 0.491 e. The van der Waals surface area contributed by atoms with E-state index in [4.69, 9.17) is 38.3 Å². The van der Waals surface area contributed by atoms with E-state index in [2.05, 4.69) is 22.8 Å². The number of anilines is 1. The van der Waals surface area contributed by atoms with Gasteiger partial charge in [-0.1, -0.05) is 47.5 Å². The second-order valence-electron chi connectivity index (χ2n) is 8.90. The fraction of sp³-hybridized carbons (Fsp3) is 0.321. The molecular weight excluding hydrogens is 497 g/mol. The van der Waals surface area contributed by atoms with E-state index in [1.807, 2.05) is 48.5 Å². The van der Waals surface area contributed by atoms with Gasteiger partial charge in [-0.25, -0.2) is 0 Å². The van der Waals surface area contributed by atoms with Crippen molar-refractivity contribution < 1.29 is 14.9 Å². The summed E-state index contributed by atoms with van der Waals surface area (Å²) in [6.07, 6.45) is 0. The molecule has 0 unspecified atom stereocenters. The average Bonchev–Trinajstić information content (AvgIpc) is 2.89. The Hall–Kier alpha value is -2.79. The number of benzene rings is 3. The third kappa shape index (κ3) is 5.78. The standard InChI is InChI=1S/C28H29Cl2N3O3/c1-19-16-32(28(18-35)22-4-2-20(15-31)3-5-22)17-27(21-6-8-23(29)9-7-21)33(19)26-11-10-24(14-25(26)30)36-13-12-34/h2-11,14,19,27-28,34-35H,12-13,16-18H2,1H3/t19-,27-,28+/m0/s1. The molecule has 1 heterocycles. The van der Waals surface area contributed by atoms with Gasteiger partial charge in [-0.05, 0) is 54.4 Å². The molecule has 0 aliphatic carbocycles. The SMILES string of the molecule is C[C@H]1CN([C@H](CO)c2ccc(C#N)cc2)C[C@@H](c2ccc(Cl)cc2)N1c1ccc(OCCO)cc1Cl. The molecule has 3 aromatic rings. The summed E-state index contributed by atoms with van der Waals surface area (Å²) in [5.74, 6) is 0.605. The number of nitrogens with zero attached hydrogens (tertiary/aromatic N) is 3. The van der Waals surface area contributed by atoms with Crippen LogP contribution in [0.25, 0.3) is 0 Å². The number of halogens is 2. The summed E-state index contributed by atoms with van der Waals surface area (Å²) in [4.78, 5) is 4.60. The maximum atomic E-state index is 10.4. The fourth-order valence-electron chi connectivity index (χ4n) is 4.89. The van der Waals surface area contributed by atoms with Crippen molar-refractivity contribution in [1.29, 1.82) is 5.26 Å². The van der Waals surface area contributed by atoms with E-state index in [0.717, 1.165) is 16.8 Å². The van der Waals surface area contributed by atoms with Gasteiger partial charge in [0.1, 0.15) is 12.4 Å². The molecule has 3 aromatic carbocycles. The van der Waals surface area contributed by atoms with Gasteiger partial charge in [0.05, 0.1) is 47.6 Å². The molecule has 0 saturated carbocycles. The second kappa shape index (κ2) is 12.0. The average molecular weight is 526 g/mol. The van der Waals surface area contributed by atoms with Gasteiger partial charge in [0, 0.05) is 30.2 Å². The van der Waals surface area contributed by atoms with Crippen LogP contribution in [-0.2, 0) is 0 Å². The first kappa shape index (κ1) is 26.3. The third-order valence-corrected chi connectivity index (χ3v) is 7.12. The van der Waals surface area contributed by atoms with Crippen LogP contribution in [0.5, 0.6) is 5.75 Å². The zero-order chi connectivity index (χ0) is 25.7. The zero-order valence-corrected chi connectivity index (χ0v) is 21.5. The first-order chi connectivity index (χ1) is 17.4. The summed E-state index contributed by atoms with van der Waals surface area (Å²) in [5.41, 5.74) is 3.53. The summed E-state index contributed by atoms with van der Waals surface area (Å²) in [6, 6.07) is 22.8. The Balaban J connectivity index is 1.69. The Bertz CT molecular complexity index is 1200. The Morgan fingerprint density at radius 3 is 2.36 bits per heavy atom. The van der Waals surface area contributed by atoms with E-state index < -0.39 is 0 Å². The van der Waals surface area contributed by atoms with Crippen LogP contribution in [0.3, 0.4) is 0 Å². The van der Waals surface area contributed by atoms with Crippen LogP contribution in [0.2, 0.25) is 10.0 Å². The minimum Gasteiger partial charge on any atom is -0.491 e. The molecule has 1 fully saturated rings. The maximum absolute atomic E-state index is 10.4. The number of hydrogen-bond acceptors (Lipinski definition) is 6. The van der Waals surface area contributed by atoms with Crippen molar-refractivity contribution in [2.24, 2.45) is 0 Å². The maximum Gasteiger partial charge on any atom is 0.121 e. The van der Waals surface area contributed by atoms with Gasteiger partial charge in [0.25, 0.3) is 0 Å². The minimum absolute atomic E-state index is 0.0381. The Kier molecular flexibility index (Phi) is 8.73. The lowest BCUT2D eigenvalue weighted by molar-refractivity contribution is 0.0895. The molecule has 2 N–H and O–H groups in total. The lowest BCUT2D eigenvalue weighted by atomic mass is 9.95. The molecule has 0 amide bonds. The topological polar surface area (TPSA) is 80.0 Å². The number of hydrogen-bond donors (Lipinski definition) is 2. The molecule has 0 aromatic heterocycles. The van der Waals surface area contributed by atoms with Crippen LogP contribution in [0.1, 0.15) is 35.7 Å². The van der Waals surface area contributed by atoms with Crippen molar-refractivity contribution in [1.82, 2.24) is 4.90 Å². The normalized spacial score (nSPS) is 19.1. The molecule has 0 spiro atoms. The van der Waals surface area contributed by atoms with Crippen LogP contribution >= 0.6 is 23.2 Å². The quantitative estimate of drug-likeness (QED) is 0.419. The van der Waals surface area contributed by atoms with Crippen molar-refractivity contribution in [3.63, 3.8) is 0 Å². The minimum atomic E-state index is -0.207.